The molecule has 0 aliphatic carbocycles. The summed E-state index contributed by atoms with van der Waals surface area (Å²) < 4.78 is 25.9. The van der Waals surface area contributed by atoms with Gasteiger partial charge in [-0.15, -0.1) is 0 Å². The van der Waals surface area contributed by atoms with Crippen LogP contribution in [0.25, 0.3) is 0 Å². The second-order valence-corrected chi connectivity index (χ2v) is 3.44. The molecule has 6 heteroatoms. The van der Waals surface area contributed by atoms with Gasteiger partial charge in [-0.2, -0.15) is 5.26 Å². The van der Waals surface area contributed by atoms with Gasteiger partial charge in [-0.3, -0.25) is 4.79 Å². The van der Waals surface area contributed by atoms with E-state index < -0.39 is 17.5 Å². The molecule has 0 aliphatic rings. The summed E-state index contributed by atoms with van der Waals surface area (Å²) in [5.74, 6) is -2.51. The number of hydrogen-bond acceptors (Lipinski definition) is 2. The van der Waals surface area contributed by atoms with Gasteiger partial charge >= 0.3 is 0 Å². The van der Waals surface area contributed by atoms with Crippen molar-refractivity contribution >= 4 is 21.8 Å². The van der Waals surface area contributed by atoms with Crippen molar-refractivity contribution in [3.8, 4) is 6.07 Å². The van der Waals surface area contributed by atoms with Crippen LogP contribution in [0.4, 0.5) is 8.78 Å². The first-order chi connectivity index (χ1) is 7.06. The van der Waals surface area contributed by atoms with Gasteiger partial charge in [0.15, 0.2) is 0 Å². The highest BCUT2D eigenvalue weighted by Crippen LogP contribution is 2.19. The van der Waals surface area contributed by atoms with E-state index in [0.717, 1.165) is 6.07 Å². The first-order valence-electron chi connectivity index (χ1n) is 3.86. The largest absolute Gasteiger partial charge is 0.339 e. The normalized spacial score (nSPS) is 9.47. The van der Waals surface area contributed by atoms with Crippen LogP contribution in [0.15, 0.2) is 16.6 Å². The predicted octanol–water partition coefficient (Wildman–Crippen LogP) is 1.98. The Labute approximate surface area is 92.8 Å². The average Bonchev–Trinajstić information content (AvgIpc) is 2.20. The van der Waals surface area contributed by atoms with Crippen molar-refractivity contribution in [1.82, 2.24) is 5.32 Å². The molecule has 0 unspecified atom stereocenters. The third-order valence-corrected chi connectivity index (χ3v) is 2.19. The zero-order valence-electron chi connectivity index (χ0n) is 7.35. The summed E-state index contributed by atoms with van der Waals surface area (Å²) in [4.78, 5) is 11.2. The van der Waals surface area contributed by atoms with Crippen LogP contribution in [-0.2, 0) is 0 Å². The molecule has 1 amide bonds. The van der Waals surface area contributed by atoms with Gasteiger partial charge in [0.2, 0.25) is 0 Å². The van der Waals surface area contributed by atoms with Gasteiger partial charge < -0.3 is 5.32 Å². The van der Waals surface area contributed by atoms with Crippen molar-refractivity contribution in [2.24, 2.45) is 0 Å². The quantitative estimate of drug-likeness (QED) is 0.662. The van der Waals surface area contributed by atoms with Gasteiger partial charge in [0.25, 0.3) is 5.91 Å². The van der Waals surface area contributed by atoms with Crippen molar-refractivity contribution in [3.05, 3.63) is 33.8 Å². The van der Waals surface area contributed by atoms with Crippen LogP contribution in [0, 0.1) is 23.0 Å². The molecule has 0 atom stereocenters. The molecule has 15 heavy (non-hydrogen) atoms. The molecule has 1 aromatic carbocycles. The van der Waals surface area contributed by atoms with Crippen LogP contribution in [0.2, 0.25) is 0 Å². The molecule has 0 aliphatic heterocycles. The van der Waals surface area contributed by atoms with Crippen molar-refractivity contribution in [2.45, 2.75) is 0 Å². The molecule has 0 spiro atoms. The predicted molar refractivity (Wildman–Crippen MR) is 52.0 cm³/mol. The van der Waals surface area contributed by atoms with Crippen LogP contribution in [-0.4, -0.2) is 12.5 Å². The van der Waals surface area contributed by atoms with E-state index in [4.69, 9.17) is 5.26 Å². The minimum Gasteiger partial charge on any atom is -0.339 e. The number of rotatable bonds is 2. The maximum absolute atomic E-state index is 13.1. The van der Waals surface area contributed by atoms with E-state index >= 15 is 0 Å². The Hall–Kier alpha value is -1.48. The molecule has 0 fully saturated rings. The summed E-state index contributed by atoms with van der Waals surface area (Å²) in [6, 6.07) is 3.30. The lowest BCUT2D eigenvalue weighted by Gasteiger charge is -2.03. The van der Waals surface area contributed by atoms with Gasteiger partial charge in [-0.1, -0.05) is 0 Å². The fourth-order valence-electron chi connectivity index (χ4n) is 0.912. The van der Waals surface area contributed by atoms with Gasteiger partial charge in [0.05, 0.1) is 16.1 Å². The minimum atomic E-state index is -0.967. The topological polar surface area (TPSA) is 52.9 Å². The smallest absolute Gasteiger partial charge is 0.255 e. The summed E-state index contributed by atoms with van der Waals surface area (Å²) in [5.41, 5.74) is -0.307. The van der Waals surface area contributed by atoms with E-state index in [1.807, 2.05) is 0 Å². The molecule has 0 aromatic heterocycles. The number of nitrogens with zero attached hydrogens (tertiary/aromatic N) is 1. The van der Waals surface area contributed by atoms with Crippen LogP contribution >= 0.6 is 15.9 Å². The zero-order valence-corrected chi connectivity index (χ0v) is 8.94. The molecule has 1 aromatic rings. The fraction of sp³-hybridized carbons (Fsp3) is 0.111. The Morgan fingerprint density at radius 1 is 1.47 bits per heavy atom. The maximum atomic E-state index is 13.1. The van der Waals surface area contributed by atoms with Crippen LogP contribution in [0.3, 0.4) is 0 Å². The molecule has 1 rings (SSSR count). The van der Waals surface area contributed by atoms with Crippen LogP contribution < -0.4 is 5.32 Å². The van der Waals surface area contributed by atoms with Crippen LogP contribution in [0.1, 0.15) is 10.4 Å². The Bertz CT molecular complexity index is 442. The van der Waals surface area contributed by atoms with Crippen molar-refractivity contribution in [1.29, 1.82) is 5.26 Å². The number of benzene rings is 1. The molecular weight excluding hydrogens is 270 g/mol. The number of carbonyl (C=O) groups is 1. The van der Waals surface area contributed by atoms with E-state index in [0.29, 0.717) is 6.07 Å². The Morgan fingerprint density at radius 3 is 2.73 bits per heavy atom. The maximum Gasteiger partial charge on any atom is 0.255 e. The molecule has 0 bridgehead atoms. The van der Waals surface area contributed by atoms with Crippen molar-refractivity contribution in [3.63, 3.8) is 0 Å². The second-order valence-electron chi connectivity index (χ2n) is 2.59. The summed E-state index contributed by atoms with van der Waals surface area (Å²) in [6.07, 6.45) is 0. The summed E-state index contributed by atoms with van der Waals surface area (Å²) >= 11 is 2.83. The van der Waals surface area contributed by atoms with E-state index in [-0.39, 0.29) is 16.6 Å². The third-order valence-electron chi connectivity index (χ3n) is 1.58. The average molecular weight is 275 g/mol. The molecule has 3 nitrogen and oxygen atoms in total. The van der Waals surface area contributed by atoms with E-state index in [2.05, 4.69) is 21.2 Å². The van der Waals surface area contributed by atoms with Crippen LogP contribution in [0.5, 0.6) is 0 Å². The SMILES string of the molecule is N#CCNC(=O)c1cc(Br)c(F)cc1F. The fourth-order valence-corrected chi connectivity index (χ4v) is 1.25. The lowest BCUT2D eigenvalue weighted by atomic mass is 10.2. The number of nitriles is 1. The third kappa shape index (κ3) is 2.73. The molecule has 0 saturated heterocycles. The zero-order chi connectivity index (χ0) is 11.4. The van der Waals surface area contributed by atoms with Gasteiger partial charge in [0, 0.05) is 6.07 Å². The van der Waals surface area contributed by atoms with E-state index in [1.54, 1.807) is 6.07 Å². The van der Waals surface area contributed by atoms with E-state index in [9.17, 15) is 13.6 Å². The Balaban J connectivity index is 3.00. The number of amides is 1. The molecule has 0 radical (unpaired) electrons. The van der Waals surface area contributed by atoms with Crippen molar-refractivity contribution in [2.75, 3.05) is 6.54 Å². The number of halogens is 3. The lowest BCUT2D eigenvalue weighted by molar-refractivity contribution is 0.0954. The molecule has 0 saturated carbocycles. The molecule has 1 N–H and O–H groups in total. The monoisotopic (exact) mass is 274 g/mol. The van der Waals surface area contributed by atoms with E-state index in [1.165, 1.54) is 0 Å². The highest BCUT2D eigenvalue weighted by molar-refractivity contribution is 9.10. The molecular formula is C9H5BrF2N2O. The summed E-state index contributed by atoms with van der Waals surface area (Å²) in [5, 5.41) is 10.4. The minimum absolute atomic E-state index is 0.00833. The van der Waals surface area contributed by atoms with Gasteiger partial charge in [0.1, 0.15) is 18.2 Å². The highest BCUT2D eigenvalue weighted by atomic mass is 79.9. The molecule has 0 heterocycles. The van der Waals surface area contributed by atoms with Crippen molar-refractivity contribution < 1.29 is 13.6 Å². The standard InChI is InChI=1S/C9H5BrF2N2O/c10-6-3-5(7(11)4-8(6)12)9(15)14-2-1-13/h3-4H,2H2,(H,14,15). The summed E-state index contributed by atoms with van der Waals surface area (Å²) in [7, 11) is 0. The number of carbonyl (C=O) groups excluding carboxylic acids is 1. The number of nitrogens with one attached hydrogen (secondary N) is 1. The molecule has 78 valence electrons. The second kappa shape index (κ2) is 4.84. The van der Waals surface area contributed by atoms with Gasteiger partial charge in [-0.25, -0.2) is 8.78 Å². The number of hydrogen-bond donors (Lipinski definition) is 1. The Kier molecular flexibility index (Phi) is 3.74. The first kappa shape index (κ1) is 11.6. The summed E-state index contributed by atoms with van der Waals surface area (Å²) in [6.45, 7) is -0.229. The highest BCUT2D eigenvalue weighted by Gasteiger charge is 2.14. The first-order valence-corrected chi connectivity index (χ1v) is 4.65. The Morgan fingerprint density at radius 2 is 2.13 bits per heavy atom. The lowest BCUT2D eigenvalue weighted by Crippen LogP contribution is -2.24. The van der Waals surface area contributed by atoms with Gasteiger partial charge in [-0.05, 0) is 22.0 Å².